The summed E-state index contributed by atoms with van der Waals surface area (Å²) in [5.74, 6) is -1.32. The number of pyridine rings is 1. The zero-order chi connectivity index (χ0) is 25.0. The summed E-state index contributed by atoms with van der Waals surface area (Å²) < 4.78 is 2.12. The highest BCUT2D eigenvalue weighted by Gasteiger charge is 2.31. The Hall–Kier alpha value is -4.59. The summed E-state index contributed by atoms with van der Waals surface area (Å²) in [5.41, 5.74) is 6.63. The van der Waals surface area contributed by atoms with Crippen LogP contribution in [-0.4, -0.2) is 19.2 Å². The molecule has 0 saturated carbocycles. The van der Waals surface area contributed by atoms with E-state index in [2.05, 4.69) is 4.98 Å². The number of nitrogens with zero attached hydrogens (tertiary/aromatic N) is 2. The average molecular weight is 469 g/mol. The molecular weight excluding hydrogens is 444 g/mol. The molecule has 0 aliphatic carbocycles. The monoisotopic (exact) mass is 468 g/mol. The van der Waals surface area contributed by atoms with Gasteiger partial charge in [-0.05, 0) is 23.9 Å². The number of benzene rings is 3. The van der Waals surface area contributed by atoms with Gasteiger partial charge in [-0.1, -0.05) is 60.2 Å². The van der Waals surface area contributed by atoms with Gasteiger partial charge in [0.15, 0.2) is 0 Å². The van der Waals surface area contributed by atoms with Crippen molar-refractivity contribution in [3.63, 3.8) is 0 Å². The molecule has 0 radical (unpaired) electrons. The summed E-state index contributed by atoms with van der Waals surface area (Å²) in [6.45, 7) is 1.92. The number of fused-ring (bicyclic) bond motifs is 3. The molecule has 1 atom stereocenters. The topological polar surface area (TPSA) is 123 Å². The minimum absolute atomic E-state index is 0.0147. The van der Waals surface area contributed by atoms with E-state index < -0.39 is 22.7 Å². The maximum absolute atomic E-state index is 13.6. The van der Waals surface area contributed by atoms with Gasteiger partial charge in [-0.2, -0.15) is 0 Å². The van der Waals surface area contributed by atoms with Crippen molar-refractivity contribution in [1.29, 1.82) is 0 Å². The Morgan fingerprint density at radius 3 is 2.26 bits per heavy atom. The summed E-state index contributed by atoms with van der Waals surface area (Å²) in [4.78, 5) is 42.3. The fourth-order valence-electron chi connectivity index (χ4n) is 4.70. The van der Waals surface area contributed by atoms with Crippen LogP contribution in [0, 0.1) is 6.92 Å². The van der Waals surface area contributed by atoms with Gasteiger partial charge in [0.1, 0.15) is 11.6 Å². The van der Waals surface area contributed by atoms with Crippen molar-refractivity contribution in [2.24, 2.45) is 14.1 Å². The molecule has 1 unspecified atom stereocenters. The lowest BCUT2D eigenvalue weighted by atomic mass is 9.84. The Kier molecular flexibility index (Phi) is 5.09. The molecule has 0 aliphatic rings. The maximum atomic E-state index is 13.6. The number of nitrogen functional groups attached to an aromatic ring is 1. The Morgan fingerprint density at radius 1 is 0.857 bits per heavy atom. The SMILES string of the molecule is Cc1ccc(C(c2c(O)c3ccc4ccccc4c3[nH]c2=O)c2c(N)n(C)c(=O)n(C)c2=O)cc1. The summed E-state index contributed by atoms with van der Waals surface area (Å²) in [5, 5.41) is 13.6. The largest absolute Gasteiger partial charge is 0.507 e. The third-order valence-corrected chi connectivity index (χ3v) is 6.66. The fourth-order valence-corrected chi connectivity index (χ4v) is 4.70. The smallest absolute Gasteiger partial charge is 0.332 e. The molecular formula is C27H24N4O4. The Balaban J connectivity index is 1.93. The first-order valence-corrected chi connectivity index (χ1v) is 11.1. The van der Waals surface area contributed by atoms with Crippen LogP contribution < -0.4 is 22.5 Å². The molecule has 0 amide bonds. The zero-order valence-electron chi connectivity index (χ0n) is 19.5. The van der Waals surface area contributed by atoms with E-state index >= 15 is 0 Å². The Bertz CT molecular complexity index is 1810. The first-order chi connectivity index (χ1) is 16.7. The molecule has 0 bridgehead atoms. The summed E-state index contributed by atoms with van der Waals surface area (Å²) in [7, 11) is 2.82. The van der Waals surface area contributed by atoms with Crippen LogP contribution >= 0.6 is 0 Å². The minimum Gasteiger partial charge on any atom is -0.507 e. The van der Waals surface area contributed by atoms with E-state index in [1.807, 2.05) is 49.4 Å². The number of nitrogens with one attached hydrogen (secondary N) is 1. The normalized spacial score (nSPS) is 12.3. The summed E-state index contributed by atoms with van der Waals surface area (Å²) in [6, 6.07) is 18.4. The van der Waals surface area contributed by atoms with Crippen LogP contribution in [0.4, 0.5) is 5.82 Å². The van der Waals surface area contributed by atoms with Crippen molar-refractivity contribution in [2.45, 2.75) is 12.8 Å². The molecule has 0 saturated heterocycles. The number of anilines is 1. The number of H-pyrrole nitrogens is 1. The van der Waals surface area contributed by atoms with E-state index in [0.717, 1.165) is 25.5 Å². The molecule has 3 aromatic carbocycles. The molecule has 176 valence electrons. The van der Waals surface area contributed by atoms with E-state index in [0.29, 0.717) is 16.5 Å². The second-order valence-corrected chi connectivity index (χ2v) is 8.77. The second kappa shape index (κ2) is 8.02. The molecule has 8 nitrogen and oxygen atoms in total. The van der Waals surface area contributed by atoms with Crippen molar-refractivity contribution in [2.75, 3.05) is 5.73 Å². The molecule has 5 aromatic rings. The summed E-state index contributed by atoms with van der Waals surface area (Å²) in [6.07, 6.45) is 0. The van der Waals surface area contributed by atoms with Crippen molar-refractivity contribution in [1.82, 2.24) is 14.1 Å². The fraction of sp³-hybridized carbons (Fsp3) is 0.148. The highest BCUT2D eigenvalue weighted by molar-refractivity contribution is 6.07. The van der Waals surface area contributed by atoms with Gasteiger partial charge >= 0.3 is 5.69 Å². The van der Waals surface area contributed by atoms with Gasteiger partial charge in [0.2, 0.25) is 0 Å². The molecule has 0 fully saturated rings. The van der Waals surface area contributed by atoms with Crippen LogP contribution in [0.2, 0.25) is 0 Å². The maximum Gasteiger partial charge on any atom is 0.332 e. The average Bonchev–Trinajstić information content (AvgIpc) is 2.86. The molecule has 8 heteroatoms. The molecule has 4 N–H and O–H groups in total. The lowest BCUT2D eigenvalue weighted by Crippen LogP contribution is -2.41. The van der Waals surface area contributed by atoms with Crippen LogP contribution in [0.15, 0.2) is 75.0 Å². The van der Waals surface area contributed by atoms with E-state index in [9.17, 15) is 19.5 Å². The first kappa shape index (κ1) is 22.2. The van der Waals surface area contributed by atoms with Crippen molar-refractivity contribution < 1.29 is 5.11 Å². The predicted octanol–water partition coefficient (Wildman–Crippen LogP) is 2.86. The highest BCUT2D eigenvalue weighted by atomic mass is 16.3. The molecule has 0 aliphatic heterocycles. The van der Waals surface area contributed by atoms with E-state index in [4.69, 9.17) is 5.73 Å². The molecule has 0 spiro atoms. The van der Waals surface area contributed by atoms with Crippen LogP contribution in [0.1, 0.15) is 28.2 Å². The number of nitrogens with two attached hydrogens (primary N) is 1. The van der Waals surface area contributed by atoms with Gasteiger partial charge in [-0.25, -0.2) is 4.79 Å². The first-order valence-electron chi connectivity index (χ1n) is 11.1. The van der Waals surface area contributed by atoms with E-state index in [1.54, 1.807) is 18.2 Å². The number of hydrogen-bond acceptors (Lipinski definition) is 5. The number of hydrogen-bond donors (Lipinski definition) is 3. The van der Waals surface area contributed by atoms with Crippen molar-refractivity contribution >= 4 is 27.5 Å². The molecule has 35 heavy (non-hydrogen) atoms. The van der Waals surface area contributed by atoms with Crippen molar-refractivity contribution in [3.05, 3.63) is 114 Å². The number of aryl methyl sites for hydroxylation is 1. The molecule has 5 rings (SSSR count). The van der Waals surface area contributed by atoms with E-state index in [1.165, 1.54) is 14.1 Å². The number of rotatable bonds is 3. The van der Waals surface area contributed by atoms with Crippen LogP contribution in [-0.2, 0) is 14.1 Å². The van der Waals surface area contributed by atoms with E-state index in [-0.39, 0.29) is 22.7 Å². The lowest BCUT2D eigenvalue weighted by molar-refractivity contribution is 0.471. The van der Waals surface area contributed by atoms with Gasteiger partial charge in [-0.3, -0.25) is 18.7 Å². The number of aromatic nitrogens is 3. The van der Waals surface area contributed by atoms with Gasteiger partial charge in [0.05, 0.1) is 22.6 Å². The second-order valence-electron chi connectivity index (χ2n) is 8.77. The van der Waals surface area contributed by atoms with Crippen LogP contribution in [0.25, 0.3) is 21.7 Å². The number of aromatic hydroxyl groups is 1. The highest BCUT2D eigenvalue weighted by Crippen LogP contribution is 2.39. The lowest BCUT2D eigenvalue weighted by Gasteiger charge is -2.22. The summed E-state index contributed by atoms with van der Waals surface area (Å²) >= 11 is 0. The third kappa shape index (κ3) is 3.33. The van der Waals surface area contributed by atoms with Gasteiger partial charge in [-0.15, -0.1) is 0 Å². The molecule has 2 aromatic heterocycles. The predicted molar refractivity (Wildman–Crippen MR) is 137 cm³/mol. The molecule has 2 heterocycles. The Labute approximate surface area is 199 Å². The zero-order valence-corrected chi connectivity index (χ0v) is 19.5. The standard InChI is InChI=1S/C27H24N4O4/c1-14-8-10-16(11-9-14)19(21-24(28)30(2)27(35)31(3)26(21)34)20-23(32)18-13-12-15-6-4-5-7-17(15)22(18)29-25(20)33/h4-13,19H,28H2,1-3H3,(H2,29,32,33). The van der Waals surface area contributed by atoms with Gasteiger partial charge < -0.3 is 15.8 Å². The van der Waals surface area contributed by atoms with Gasteiger partial charge in [0, 0.05) is 24.9 Å². The third-order valence-electron chi connectivity index (χ3n) is 6.66. The number of aromatic amines is 1. The quantitative estimate of drug-likeness (QED) is 0.352. The minimum atomic E-state index is -1.01. The Morgan fingerprint density at radius 2 is 1.54 bits per heavy atom. The van der Waals surface area contributed by atoms with Crippen molar-refractivity contribution in [3.8, 4) is 5.75 Å². The van der Waals surface area contributed by atoms with Crippen LogP contribution in [0.5, 0.6) is 5.75 Å². The van der Waals surface area contributed by atoms with Crippen LogP contribution in [0.3, 0.4) is 0 Å². The van der Waals surface area contributed by atoms with Gasteiger partial charge in [0.25, 0.3) is 11.1 Å².